The van der Waals surface area contributed by atoms with Crippen LogP contribution in [0.3, 0.4) is 0 Å². The summed E-state index contributed by atoms with van der Waals surface area (Å²) in [4.78, 5) is 34.0. The van der Waals surface area contributed by atoms with Gasteiger partial charge in [-0.25, -0.2) is 4.79 Å². The van der Waals surface area contributed by atoms with E-state index in [9.17, 15) is 14.4 Å². The summed E-state index contributed by atoms with van der Waals surface area (Å²) in [5, 5.41) is 0. The molecule has 5 nitrogen and oxygen atoms in total. The van der Waals surface area contributed by atoms with Crippen molar-refractivity contribution in [2.75, 3.05) is 0 Å². The van der Waals surface area contributed by atoms with Gasteiger partial charge < -0.3 is 4.57 Å². The Balaban J connectivity index is 3.27. The molecule has 0 saturated heterocycles. The minimum Gasteiger partial charge on any atom is -0.300 e. The molecule has 0 aliphatic carbocycles. The summed E-state index contributed by atoms with van der Waals surface area (Å²) in [7, 11) is 2.97. The Kier molecular flexibility index (Phi) is 3.24. The number of aromatic nitrogens is 2. The van der Waals surface area contributed by atoms with Gasteiger partial charge in [-0.05, 0) is 0 Å². The Labute approximate surface area is 87.0 Å². The third kappa shape index (κ3) is 2.23. The van der Waals surface area contributed by atoms with Gasteiger partial charge >= 0.3 is 5.69 Å². The molecule has 0 radical (unpaired) electrons. The molecular weight excluding hydrogens is 196 g/mol. The van der Waals surface area contributed by atoms with Crippen molar-refractivity contribution in [1.29, 1.82) is 0 Å². The third-order valence-electron chi connectivity index (χ3n) is 2.40. The maximum absolute atomic E-state index is 11.5. The fourth-order valence-corrected chi connectivity index (χ4v) is 1.27. The molecule has 0 aliphatic heterocycles. The van der Waals surface area contributed by atoms with Gasteiger partial charge in [-0.2, -0.15) is 0 Å². The van der Waals surface area contributed by atoms with Crippen molar-refractivity contribution in [3.8, 4) is 0 Å². The summed E-state index contributed by atoms with van der Waals surface area (Å²) in [5.41, 5.74) is -0.312. The van der Waals surface area contributed by atoms with E-state index in [0.29, 0.717) is 12.1 Å². The Morgan fingerprint density at radius 1 is 1.27 bits per heavy atom. The molecule has 15 heavy (non-hydrogen) atoms. The third-order valence-corrected chi connectivity index (χ3v) is 2.40. The second-order valence-corrected chi connectivity index (χ2v) is 3.44. The molecule has 0 bridgehead atoms. The van der Waals surface area contributed by atoms with E-state index in [0.717, 1.165) is 4.57 Å². The molecule has 0 atom stereocenters. The topological polar surface area (TPSA) is 61.1 Å². The van der Waals surface area contributed by atoms with E-state index in [1.165, 1.54) is 17.7 Å². The zero-order valence-electron chi connectivity index (χ0n) is 9.11. The lowest BCUT2D eigenvalue weighted by molar-refractivity contribution is -0.118. The first-order chi connectivity index (χ1) is 6.97. The summed E-state index contributed by atoms with van der Waals surface area (Å²) in [6.45, 7) is 1.75. The number of Topliss-reactive ketones (excluding diaryl/α,β-unsaturated/α-hetero) is 1. The van der Waals surface area contributed by atoms with Gasteiger partial charge in [0.25, 0.3) is 5.56 Å². The van der Waals surface area contributed by atoms with E-state index >= 15 is 0 Å². The number of carbonyl (C=O) groups is 1. The maximum atomic E-state index is 11.5. The number of hydrogen-bond donors (Lipinski definition) is 0. The lowest BCUT2D eigenvalue weighted by Crippen LogP contribution is -2.38. The highest BCUT2D eigenvalue weighted by molar-refractivity contribution is 5.80. The average molecular weight is 210 g/mol. The standard InChI is InChI=1S/C10H14N2O3/c1-4-8(13)5-7-6-9(14)12(3)10(15)11(7)2/h6H,4-5H2,1-3H3. The number of rotatable bonds is 3. The highest BCUT2D eigenvalue weighted by atomic mass is 16.2. The van der Waals surface area contributed by atoms with Crippen LogP contribution >= 0.6 is 0 Å². The van der Waals surface area contributed by atoms with Gasteiger partial charge in [-0.1, -0.05) is 6.92 Å². The van der Waals surface area contributed by atoms with E-state index in [2.05, 4.69) is 0 Å². The van der Waals surface area contributed by atoms with Crippen LogP contribution in [-0.2, 0) is 25.3 Å². The minimum atomic E-state index is -0.401. The maximum Gasteiger partial charge on any atom is 0.330 e. The molecular formula is C10H14N2O3. The molecule has 1 rings (SSSR count). The van der Waals surface area contributed by atoms with Crippen LogP contribution in [0.25, 0.3) is 0 Å². The van der Waals surface area contributed by atoms with Crippen molar-refractivity contribution in [3.63, 3.8) is 0 Å². The molecule has 82 valence electrons. The van der Waals surface area contributed by atoms with E-state index in [1.54, 1.807) is 14.0 Å². The second kappa shape index (κ2) is 4.25. The second-order valence-electron chi connectivity index (χ2n) is 3.44. The molecule has 0 fully saturated rings. The van der Waals surface area contributed by atoms with Crippen molar-refractivity contribution >= 4 is 5.78 Å². The highest BCUT2D eigenvalue weighted by Crippen LogP contribution is 1.95. The monoisotopic (exact) mass is 210 g/mol. The number of ketones is 1. The lowest BCUT2D eigenvalue weighted by Gasteiger charge is -2.07. The van der Waals surface area contributed by atoms with Crippen LogP contribution in [0.4, 0.5) is 0 Å². The fraction of sp³-hybridized carbons (Fsp3) is 0.500. The molecule has 1 aromatic rings. The molecule has 5 heteroatoms. The van der Waals surface area contributed by atoms with Gasteiger partial charge in [0, 0.05) is 38.7 Å². The number of hydrogen-bond acceptors (Lipinski definition) is 3. The molecule has 0 aromatic carbocycles. The number of carbonyl (C=O) groups excluding carboxylic acids is 1. The van der Waals surface area contributed by atoms with E-state index < -0.39 is 5.69 Å². The Morgan fingerprint density at radius 2 is 1.87 bits per heavy atom. The van der Waals surface area contributed by atoms with Gasteiger partial charge in [0.05, 0.1) is 0 Å². The minimum absolute atomic E-state index is 0.0123. The van der Waals surface area contributed by atoms with Crippen molar-refractivity contribution < 1.29 is 4.79 Å². The molecule has 0 unspecified atom stereocenters. The Morgan fingerprint density at radius 3 is 2.40 bits per heavy atom. The molecule has 1 heterocycles. The summed E-state index contributed by atoms with van der Waals surface area (Å²) < 4.78 is 2.34. The van der Waals surface area contributed by atoms with Crippen LogP contribution in [0.15, 0.2) is 15.7 Å². The van der Waals surface area contributed by atoms with E-state index in [4.69, 9.17) is 0 Å². The van der Waals surface area contributed by atoms with Crippen LogP contribution in [0.5, 0.6) is 0 Å². The first-order valence-corrected chi connectivity index (χ1v) is 4.75. The van der Waals surface area contributed by atoms with Crippen LogP contribution in [0.1, 0.15) is 19.0 Å². The zero-order chi connectivity index (χ0) is 11.6. The molecule has 1 aromatic heterocycles. The SMILES string of the molecule is CCC(=O)Cc1cc(=O)n(C)c(=O)n1C. The van der Waals surface area contributed by atoms with Gasteiger partial charge in [-0.3, -0.25) is 14.2 Å². The normalized spacial score (nSPS) is 10.3. The van der Waals surface area contributed by atoms with Crippen LogP contribution < -0.4 is 11.2 Å². The lowest BCUT2D eigenvalue weighted by atomic mass is 10.2. The smallest absolute Gasteiger partial charge is 0.300 e. The Hall–Kier alpha value is -1.65. The average Bonchev–Trinajstić information content (AvgIpc) is 2.22. The van der Waals surface area contributed by atoms with Crippen molar-refractivity contribution in [1.82, 2.24) is 9.13 Å². The first kappa shape index (κ1) is 11.4. The largest absolute Gasteiger partial charge is 0.330 e. The fourth-order valence-electron chi connectivity index (χ4n) is 1.27. The van der Waals surface area contributed by atoms with Crippen LogP contribution in [0, 0.1) is 0 Å². The van der Waals surface area contributed by atoms with Crippen molar-refractivity contribution in [2.45, 2.75) is 19.8 Å². The van der Waals surface area contributed by atoms with Crippen LogP contribution in [-0.4, -0.2) is 14.9 Å². The predicted octanol–water partition coefficient (Wildman–Crippen LogP) is -0.394. The molecule has 0 amide bonds. The number of nitrogens with zero attached hydrogens (tertiary/aromatic N) is 2. The van der Waals surface area contributed by atoms with Gasteiger partial charge in [0.2, 0.25) is 0 Å². The first-order valence-electron chi connectivity index (χ1n) is 4.75. The molecule has 0 saturated carbocycles. The quantitative estimate of drug-likeness (QED) is 0.682. The summed E-state index contributed by atoms with van der Waals surface area (Å²) in [6, 6.07) is 1.33. The highest BCUT2D eigenvalue weighted by Gasteiger charge is 2.08. The van der Waals surface area contributed by atoms with E-state index in [-0.39, 0.29) is 17.8 Å². The summed E-state index contributed by atoms with van der Waals surface area (Å²) in [5.74, 6) is 0.0123. The molecule has 0 aliphatic rings. The van der Waals surface area contributed by atoms with Gasteiger partial charge in [0.15, 0.2) is 0 Å². The van der Waals surface area contributed by atoms with Gasteiger partial charge in [0.1, 0.15) is 5.78 Å². The van der Waals surface area contributed by atoms with Crippen molar-refractivity contribution in [3.05, 3.63) is 32.6 Å². The summed E-state index contributed by atoms with van der Waals surface area (Å²) in [6.07, 6.45) is 0.543. The molecule has 0 N–H and O–H groups in total. The zero-order valence-corrected chi connectivity index (χ0v) is 9.11. The Bertz CT molecular complexity index is 496. The van der Waals surface area contributed by atoms with Crippen LogP contribution in [0.2, 0.25) is 0 Å². The van der Waals surface area contributed by atoms with Gasteiger partial charge in [-0.15, -0.1) is 0 Å². The predicted molar refractivity (Wildman–Crippen MR) is 55.9 cm³/mol. The molecule has 0 spiro atoms. The summed E-state index contributed by atoms with van der Waals surface area (Å²) >= 11 is 0. The van der Waals surface area contributed by atoms with Crippen molar-refractivity contribution in [2.24, 2.45) is 14.1 Å². The van der Waals surface area contributed by atoms with E-state index in [1.807, 2.05) is 0 Å².